The smallest absolute Gasteiger partial charge is 0.341 e. The SMILES string of the molecule is CCOC(=O)c1c(NC(=O)COC(=O)C(C)NC(N)=O)sc(C(C)=O)c1C. The first kappa shape index (κ1) is 22.1. The van der Waals surface area contributed by atoms with Crippen LogP contribution >= 0.6 is 11.3 Å². The number of carbonyl (C=O) groups is 5. The molecule has 1 rings (SSSR count). The van der Waals surface area contributed by atoms with E-state index >= 15 is 0 Å². The Hall–Kier alpha value is -2.95. The monoisotopic (exact) mass is 399 g/mol. The van der Waals surface area contributed by atoms with Crippen LogP contribution < -0.4 is 16.4 Å². The van der Waals surface area contributed by atoms with Gasteiger partial charge in [-0.15, -0.1) is 11.3 Å². The lowest BCUT2D eigenvalue weighted by Gasteiger charge is -2.11. The molecule has 0 aromatic carbocycles. The highest BCUT2D eigenvalue weighted by Gasteiger charge is 2.25. The predicted molar refractivity (Wildman–Crippen MR) is 96.8 cm³/mol. The maximum atomic E-state index is 12.1. The molecule has 10 nitrogen and oxygen atoms in total. The zero-order valence-corrected chi connectivity index (χ0v) is 16.2. The molecule has 1 atom stereocenters. The molecule has 1 aromatic heterocycles. The zero-order chi connectivity index (χ0) is 20.7. The second kappa shape index (κ2) is 9.67. The van der Waals surface area contributed by atoms with Gasteiger partial charge in [-0.25, -0.2) is 14.4 Å². The first-order valence-corrected chi connectivity index (χ1v) is 8.74. The Morgan fingerprint density at radius 1 is 1.19 bits per heavy atom. The number of nitrogens with one attached hydrogen (secondary N) is 2. The number of rotatable bonds is 8. The van der Waals surface area contributed by atoms with E-state index in [-0.39, 0.29) is 23.0 Å². The molecule has 27 heavy (non-hydrogen) atoms. The van der Waals surface area contributed by atoms with Crippen LogP contribution in [0.3, 0.4) is 0 Å². The third-order valence-corrected chi connectivity index (χ3v) is 4.56. The molecule has 0 aliphatic carbocycles. The van der Waals surface area contributed by atoms with Gasteiger partial charge in [-0.1, -0.05) is 0 Å². The highest BCUT2D eigenvalue weighted by atomic mass is 32.1. The normalized spacial score (nSPS) is 11.3. The van der Waals surface area contributed by atoms with Gasteiger partial charge < -0.3 is 25.8 Å². The topological polar surface area (TPSA) is 154 Å². The van der Waals surface area contributed by atoms with E-state index in [1.165, 1.54) is 13.8 Å². The van der Waals surface area contributed by atoms with Crippen LogP contribution in [0.25, 0.3) is 0 Å². The summed E-state index contributed by atoms with van der Waals surface area (Å²) in [6.07, 6.45) is 0. The molecule has 11 heteroatoms. The Labute approximate surface area is 159 Å². The highest BCUT2D eigenvalue weighted by molar-refractivity contribution is 7.18. The van der Waals surface area contributed by atoms with Gasteiger partial charge in [0.1, 0.15) is 11.0 Å². The summed E-state index contributed by atoms with van der Waals surface area (Å²) >= 11 is 0.929. The first-order valence-electron chi connectivity index (χ1n) is 7.92. The van der Waals surface area contributed by atoms with Crippen LogP contribution in [0.1, 0.15) is 46.4 Å². The number of hydrogen-bond acceptors (Lipinski definition) is 8. The van der Waals surface area contributed by atoms with E-state index in [2.05, 4.69) is 10.6 Å². The fourth-order valence-electron chi connectivity index (χ4n) is 2.08. The van der Waals surface area contributed by atoms with Crippen molar-refractivity contribution in [1.82, 2.24) is 5.32 Å². The number of primary amides is 1. The van der Waals surface area contributed by atoms with Crippen molar-refractivity contribution < 1.29 is 33.4 Å². The largest absolute Gasteiger partial charge is 0.462 e. The lowest BCUT2D eigenvalue weighted by Crippen LogP contribution is -2.43. The Bertz CT molecular complexity index is 772. The molecule has 0 radical (unpaired) electrons. The fraction of sp³-hybridized carbons (Fsp3) is 0.438. The second-order valence-corrected chi connectivity index (χ2v) is 6.44. The molecular formula is C16H21N3O7S. The number of amides is 3. The molecule has 4 N–H and O–H groups in total. The molecule has 0 aliphatic heterocycles. The van der Waals surface area contributed by atoms with Gasteiger partial charge >= 0.3 is 18.0 Å². The van der Waals surface area contributed by atoms with Crippen LogP contribution in [-0.4, -0.2) is 48.9 Å². The summed E-state index contributed by atoms with van der Waals surface area (Å²) in [5.74, 6) is -2.52. The van der Waals surface area contributed by atoms with Crippen LogP contribution in [0, 0.1) is 6.92 Å². The number of esters is 2. The lowest BCUT2D eigenvalue weighted by atomic mass is 10.1. The van der Waals surface area contributed by atoms with E-state index in [1.807, 2.05) is 0 Å². The molecule has 0 aliphatic rings. The standard InChI is InChI=1S/C16H21N3O7S/c1-5-25-15(23)11-7(2)12(9(4)20)27-13(11)19-10(21)6-26-14(22)8(3)18-16(17)24/h8H,5-6H2,1-4H3,(H,19,21)(H3,17,18,24). The maximum Gasteiger partial charge on any atom is 0.341 e. The molecule has 0 fully saturated rings. The van der Waals surface area contributed by atoms with E-state index in [4.69, 9.17) is 15.2 Å². The number of ketones is 1. The van der Waals surface area contributed by atoms with Crippen molar-refractivity contribution >= 4 is 46.0 Å². The third kappa shape index (κ3) is 6.06. The number of thiophene rings is 1. The van der Waals surface area contributed by atoms with E-state index < -0.39 is 36.5 Å². The van der Waals surface area contributed by atoms with Crippen LogP contribution in [0.5, 0.6) is 0 Å². The average Bonchev–Trinajstić information content (AvgIpc) is 2.88. The quantitative estimate of drug-likeness (QED) is 0.435. The minimum absolute atomic E-state index is 0.0792. The van der Waals surface area contributed by atoms with Gasteiger partial charge in [0.15, 0.2) is 12.4 Å². The fourth-order valence-corrected chi connectivity index (χ4v) is 3.19. The number of Topliss-reactive ketones (excluding diaryl/α,β-unsaturated/α-hetero) is 1. The third-order valence-electron chi connectivity index (χ3n) is 3.26. The first-order chi connectivity index (χ1) is 12.6. The molecule has 3 amide bonds. The molecule has 0 spiro atoms. The van der Waals surface area contributed by atoms with Gasteiger partial charge in [0.05, 0.1) is 17.0 Å². The maximum absolute atomic E-state index is 12.1. The summed E-state index contributed by atoms with van der Waals surface area (Å²) in [7, 11) is 0. The van der Waals surface area contributed by atoms with Gasteiger partial charge in [-0.05, 0) is 33.3 Å². The van der Waals surface area contributed by atoms with Crippen molar-refractivity contribution in [3.63, 3.8) is 0 Å². The number of ether oxygens (including phenoxy) is 2. The van der Waals surface area contributed by atoms with Crippen LogP contribution in [0.4, 0.5) is 9.80 Å². The minimum Gasteiger partial charge on any atom is -0.462 e. The Morgan fingerprint density at radius 2 is 1.81 bits per heavy atom. The summed E-state index contributed by atoms with van der Waals surface area (Å²) in [5, 5.41) is 4.68. The number of nitrogens with two attached hydrogens (primary N) is 1. The van der Waals surface area contributed by atoms with Gasteiger partial charge in [0.2, 0.25) is 0 Å². The van der Waals surface area contributed by atoms with E-state index in [0.717, 1.165) is 11.3 Å². The molecule has 0 bridgehead atoms. The zero-order valence-electron chi connectivity index (χ0n) is 15.3. The number of carbonyl (C=O) groups excluding carboxylic acids is 5. The molecule has 148 valence electrons. The molecule has 1 heterocycles. The van der Waals surface area contributed by atoms with E-state index in [9.17, 15) is 24.0 Å². The highest BCUT2D eigenvalue weighted by Crippen LogP contribution is 2.34. The van der Waals surface area contributed by atoms with Crippen molar-refractivity contribution in [3.05, 3.63) is 16.0 Å². The van der Waals surface area contributed by atoms with E-state index in [1.54, 1.807) is 13.8 Å². The summed E-state index contributed by atoms with van der Waals surface area (Å²) in [5.41, 5.74) is 5.37. The van der Waals surface area contributed by atoms with Crippen LogP contribution in [0.2, 0.25) is 0 Å². The molecule has 1 unspecified atom stereocenters. The van der Waals surface area contributed by atoms with Crippen molar-refractivity contribution in [2.45, 2.75) is 33.7 Å². The summed E-state index contributed by atoms with van der Waals surface area (Å²) in [6, 6.07) is -1.94. The molecule has 0 saturated heterocycles. The number of urea groups is 1. The van der Waals surface area contributed by atoms with Crippen molar-refractivity contribution in [2.75, 3.05) is 18.5 Å². The van der Waals surface area contributed by atoms with Gasteiger partial charge in [0, 0.05) is 0 Å². The number of anilines is 1. The van der Waals surface area contributed by atoms with Gasteiger partial charge in [-0.3, -0.25) is 9.59 Å². The summed E-state index contributed by atoms with van der Waals surface area (Å²) < 4.78 is 9.73. The van der Waals surface area contributed by atoms with Crippen LogP contribution in [-0.2, 0) is 19.1 Å². The predicted octanol–water partition coefficient (Wildman–Crippen LogP) is 0.974. The van der Waals surface area contributed by atoms with Crippen LogP contribution in [0.15, 0.2) is 0 Å². The van der Waals surface area contributed by atoms with Gasteiger partial charge in [-0.2, -0.15) is 0 Å². The Morgan fingerprint density at radius 3 is 2.33 bits per heavy atom. The summed E-state index contributed by atoms with van der Waals surface area (Å²) in [4.78, 5) is 58.6. The summed E-state index contributed by atoms with van der Waals surface area (Å²) in [6.45, 7) is 5.36. The molecule has 1 aromatic rings. The average molecular weight is 399 g/mol. The Kier molecular flexibility index (Phi) is 7.91. The van der Waals surface area contributed by atoms with Crippen molar-refractivity contribution in [1.29, 1.82) is 0 Å². The lowest BCUT2D eigenvalue weighted by molar-refractivity contribution is -0.148. The minimum atomic E-state index is -1.03. The molecule has 0 saturated carbocycles. The van der Waals surface area contributed by atoms with Gasteiger partial charge in [0.25, 0.3) is 5.91 Å². The molecular weight excluding hydrogens is 378 g/mol. The number of hydrogen-bond donors (Lipinski definition) is 3. The van der Waals surface area contributed by atoms with Crippen molar-refractivity contribution in [3.8, 4) is 0 Å². The second-order valence-electron chi connectivity index (χ2n) is 5.42. The van der Waals surface area contributed by atoms with Crippen molar-refractivity contribution in [2.24, 2.45) is 5.73 Å². The van der Waals surface area contributed by atoms with E-state index in [0.29, 0.717) is 10.4 Å². The Balaban J connectivity index is 2.88.